The molecule has 0 aliphatic carbocycles. The summed E-state index contributed by atoms with van der Waals surface area (Å²) in [5, 5.41) is 0. The lowest BCUT2D eigenvalue weighted by molar-refractivity contribution is 0.347. The first-order chi connectivity index (χ1) is 7.13. The number of hydrogen-bond acceptors (Lipinski definition) is 3. The van der Waals surface area contributed by atoms with Gasteiger partial charge in [0.15, 0.2) is 11.5 Å². The maximum Gasteiger partial charge on any atom is 0.164 e. The second kappa shape index (κ2) is 4.91. The molecule has 3 heteroatoms. The van der Waals surface area contributed by atoms with Crippen molar-refractivity contribution in [2.75, 3.05) is 21.3 Å². The predicted octanol–water partition coefficient (Wildman–Crippen LogP) is 2.84. The predicted molar refractivity (Wildman–Crippen MR) is 60.2 cm³/mol. The van der Waals surface area contributed by atoms with E-state index in [0.29, 0.717) is 11.7 Å². The van der Waals surface area contributed by atoms with Gasteiger partial charge in [-0.1, -0.05) is 13.8 Å². The Hall–Kier alpha value is -1.38. The van der Waals surface area contributed by atoms with Crippen LogP contribution in [0.2, 0.25) is 0 Å². The summed E-state index contributed by atoms with van der Waals surface area (Å²) in [4.78, 5) is 0. The van der Waals surface area contributed by atoms with Gasteiger partial charge >= 0.3 is 0 Å². The summed E-state index contributed by atoms with van der Waals surface area (Å²) in [6.45, 7) is 4.23. The summed E-state index contributed by atoms with van der Waals surface area (Å²) in [5.41, 5.74) is 1.12. The van der Waals surface area contributed by atoms with Crippen LogP contribution in [-0.4, -0.2) is 21.3 Å². The van der Waals surface area contributed by atoms with Gasteiger partial charge in [0.25, 0.3) is 0 Å². The standard InChI is InChI=1S/C12H18O3/c1-8(2)9-6-11(14-4)12(15-5)7-10(9)13-3/h6-8H,1-5H3. The molecule has 0 spiro atoms. The largest absolute Gasteiger partial charge is 0.496 e. The normalized spacial score (nSPS) is 10.3. The highest BCUT2D eigenvalue weighted by Gasteiger charge is 2.13. The number of benzene rings is 1. The van der Waals surface area contributed by atoms with Gasteiger partial charge in [-0.25, -0.2) is 0 Å². The third kappa shape index (κ3) is 2.35. The van der Waals surface area contributed by atoms with Crippen molar-refractivity contribution in [3.63, 3.8) is 0 Å². The number of ether oxygens (including phenoxy) is 3. The Morgan fingerprint density at radius 1 is 0.800 bits per heavy atom. The van der Waals surface area contributed by atoms with Crippen molar-refractivity contribution < 1.29 is 14.2 Å². The maximum absolute atomic E-state index is 5.31. The smallest absolute Gasteiger partial charge is 0.164 e. The summed E-state index contributed by atoms with van der Waals surface area (Å²) in [6, 6.07) is 3.82. The lowest BCUT2D eigenvalue weighted by Gasteiger charge is -2.15. The van der Waals surface area contributed by atoms with E-state index < -0.39 is 0 Å². The molecule has 0 heterocycles. The molecule has 0 aliphatic rings. The number of methoxy groups -OCH3 is 3. The molecule has 1 aromatic carbocycles. The van der Waals surface area contributed by atoms with Crippen LogP contribution in [0.5, 0.6) is 17.2 Å². The minimum absolute atomic E-state index is 0.389. The fourth-order valence-corrected chi connectivity index (χ4v) is 1.50. The topological polar surface area (TPSA) is 27.7 Å². The molecule has 0 N–H and O–H groups in total. The fraction of sp³-hybridized carbons (Fsp3) is 0.500. The molecule has 0 radical (unpaired) electrons. The molecule has 1 aromatic rings. The second-order valence-corrected chi connectivity index (χ2v) is 3.60. The van der Waals surface area contributed by atoms with Crippen molar-refractivity contribution in [1.82, 2.24) is 0 Å². The monoisotopic (exact) mass is 210 g/mol. The van der Waals surface area contributed by atoms with Gasteiger partial charge in [0.1, 0.15) is 5.75 Å². The van der Waals surface area contributed by atoms with Crippen LogP contribution >= 0.6 is 0 Å². The van der Waals surface area contributed by atoms with Crippen molar-refractivity contribution >= 4 is 0 Å². The minimum Gasteiger partial charge on any atom is -0.496 e. The second-order valence-electron chi connectivity index (χ2n) is 3.60. The fourth-order valence-electron chi connectivity index (χ4n) is 1.50. The van der Waals surface area contributed by atoms with E-state index >= 15 is 0 Å². The third-order valence-corrected chi connectivity index (χ3v) is 2.36. The quantitative estimate of drug-likeness (QED) is 0.764. The molecule has 0 aliphatic heterocycles. The van der Waals surface area contributed by atoms with Gasteiger partial charge in [0.2, 0.25) is 0 Å². The van der Waals surface area contributed by atoms with E-state index in [2.05, 4.69) is 13.8 Å². The zero-order valence-corrected chi connectivity index (χ0v) is 9.96. The molecule has 0 unspecified atom stereocenters. The van der Waals surface area contributed by atoms with E-state index in [1.54, 1.807) is 21.3 Å². The van der Waals surface area contributed by atoms with Crippen LogP contribution in [0.25, 0.3) is 0 Å². The van der Waals surface area contributed by atoms with E-state index in [-0.39, 0.29) is 0 Å². The van der Waals surface area contributed by atoms with Gasteiger partial charge in [-0.05, 0) is 12.0 Å². The highest BCUT2D eigenvalue weighted by molar-refractivity contribution is 5.51. The minimum atomic E-state index is 0.389. The lowest BCUT2D eigenvalue weighted by Crippen LogP contribution is -1.98. The van der Waals surface area contributed by atoms with Crippen LogP contribution < -0.4 is 14.2 Å². The number of hydrogen-bond donors (Lipinski definition) is 0. The Labute approximate surface area is 91.0 Å². The zero-order valence-electron chi connectivity index (χ0n) is 9.96. The third-order valence-electron chi connectivity index (χ3n) is 2.36. The molecule has 1 rings (SSSR count). The van der Waals surface area contributed by atoms with E-state index in [0.717, 1.165) is 17.1 Å². The average Bonchev–Trinajstić information content (AvgIpc) is 2.26. The molecule has 0 fully saturated rings. The number of rotatable bonds is 4. The van der Waals surface area contributed by atoms with Gasteiger partial charge < -0.3 is 14.2 Å². The molecule has 3 nitrogen and oxygen atoms in total. The molecule has 0 aromatic heterocycles. The van der Waals surface area contributed by atoms with Crippen LogP contribution in [0.15, 0.2) is 12.1 Å². The Morgan fingerprint density at radius 3 is 1.67 bits per heavy atom. The molecule has 0 amide bonds. The summed E-state index contributed by atoms with van der Waals surface area (Å²) in [5.74, 6) is 2.66. The molecule has 0 saturated carbocycles. The van der Waals surface area contributed by atoms with Crippen molar-refractivity contribution in [2.24, 2.45) is 0 Å². The molecule has 15 heavy (non-hydrogen) atoms. The molecular formula is C12H18O3. The molecular weight excluding hydrogens is 192 g/mol. The lowest BCUT2D eigenvalue weighted by atomic mass is 10.0. The van der Waals surface area contributed by atoms with Crippen molar-refractivity contribution in [2.45, 2.75) is 19.8 Å². The molecule has 0 bridgehead atoms. The van der Waals surface area contributed by atoms with Crippen LogP contribution in [0.4, 0.5) is 0 Å². The highest BCUT2D eigenvalue weighted by atomic mass is 16.5. The zero-order chi connectivity index (χ0) is 11.4. The van der Waals surface area contributed by atoms with E-state index in [4.69, 9.17) is 14.2 Å². The van der Waals surface area contributed by atoms with Crippen molar-refractivity contribution in [1.29, 1.82) is 0 Å². The van der Waals surface area contributed by atoms with Crippen LogP contribution in [-0.2, 0) is 0 Å². The maximum atomic E-state index is 5.31. The van der Waals surface area contributed by atoms with Crippen molar-refractivity contribution in [3.8, 4) is 17.2 Å². The van der Waals surface area contributed by atoms with Crippen LogP contribution in [0.1, 0.15) is 25.3 Å². The van der Waals surface area contributed by atoms with Gasteiger partial charge in [-0.3, -0.25) is 0 Å². The van der Waals surface area contributed by atoms with Gasteiger partial charge in [-0.2, -0.15) is 0 Å². The highest BCUT2D eigenvalue weighted by Crippen LogP contribution is 2.37. The first kappa shape index (κ1) is 11.7. The van der Waals surface area contributed by atoms with Gasteiger partial charge in [-0.15, -0.1) is 0 Å². The SMILES string of the molecule is COc1cc(OC)c(C(C)C)cc1OC. The Kier molecular flexibility index (Phi) is 3.83. The Balaban J connectivity index is 3.27. The summed E-state index contributed by atoms with van der Waals surface area (Å²) in [7, 11) is 4.91. The van der Waals surface area contributed by atoms with E-state index in [1.165, 1.54) is 0 Å². The molecule has 0 atom stereocenters. The first-order valence-electron chi connectivity index (χ1n) is 4.94. The first-order valence-corrected chi connectivity index (χ1v) is 4.94. The Bertz CT molecular complexity index is 332. The van der Waals surface area contributed by atoms with E-state index in [1.807, 2.05) is 12.1 Å². The summed E-state index contributed by atoms with van der Waals surface area (Å²) >= 11 is 0. The molecule has 0 saturated heterocycles. The average molecular weight is 210 g/mol. The Morgan fingerprint density at radius 2 is 1.27 bits per heavy atom. The summed E-state index contributed by atoms with van der Waals surface area (Å²) in [6.07, 6.45) is 0. The van der Waals surface area contributed by atoms with Gasteiger partial charge in [0.05, 0.1) is 21.3 Å². The van der Waals surface area contributed by atoms with Crippen molar-refractivity contribution in [3.05, 3.63) is 17.7 Å². The van der Waals surface area contributed by atoms with E-state index in [9.17, 15) is 0 Å². The molecule has 84 valence electrons. The van der Waals surface area contributed by atoms with Gasteiger partial charge in [0, 0.05) is 11.6 Å². The summed E-state index contributed by atoms with van der Waals surface area (Å²) < 4.78 is 15.8. The van der Waals surface area contributed by atoms with Crippen LogP contribution in [0, 0.1) is 0 Å². The van der Waals surface area contributed by atoms with Crippen LogP contribution in [0.3, 0.4) is 0 Å².